The van der Waals surface area contributed by atoms with Gasteiger partial charge in [-0.2, -0.15) is 0 Å². The van der Waals surface area contributed by atoms with E-state index in [1.54, 1.807) is 12.1 Å². The number of benzene rings is 1. The molecule has 1 N–H and O–H groups in total. The van der Waals surface area contributed by atoms with Gasteiger partial charge in [0.05, 0.1) is 7.11 Å². The van der Waals surface area contributed by atoms with E-state index in [2.05, 4.69) is 11.8 Å². The van der Waals surface area contributed by atoms with Crippen LogP contribution in [0.15, 0.2) is 24.3 Å². The molecule has 22 heavy (non-hydrogen) atoms. The fourth-order valence-corrected chi connectivity index (χ4v) is 3.13. The molecule has 0 saturated carbocycles. The van der Waals surface area contributed by atoms with Crippen LogP contribution in [0.5, 0.6) is 0 Å². The van der Waals surface area contributed by atoms with Crippen LogP contribution in [0.25, 0.3) is 0 Å². The third-order valence-electron chi connectivity index (χ3n) is 4.92. The maximum atomic E-state index is 13.1. The molecule has 0 bridgehead atoms. The Morgan fingerprint density at radius 2 is 1.95 bits per heavy atom. The van der Waals surface area contributed by atoms with E-state index in [4.69, 9.17) is 4.74 Å². The third kappa shape index (κ3) is 3.47. The predicted octanol–water partition coefficient (Wildman–Crippen LogP) is 2.52. The highest BCUT2D eigenvalue weighted by Gasteiger charge is 2.37. The Morgan fingerprint density at radius 1 is 1.36 bits per heavy atom. The average Bonchev–Trinajstić information content (AvgIpc) is 2.57. The van der Waals surface area contributed by atoms with Crippen molar-refractivity contribution >= 4 is 5.97 Å². The van der Waals surface area contributed by atoms with Crippen LogP contribution in [-0.2, 0) is 9.53 Å². The van der Waals surface area contributed by atoms with Gasteiger partial charge in [-0.15, -0.1) is 0 Å². The lowest BCUT2D eigenvalue weighted by Crippen LogP contribution is -2.45. The Hall–Kier alpha value is -1.46. The summed E-state index contributed by atoms with van der Waals surface area (Å²) in [6.45, 7) is 3.69. The number of carbonyl (C=O) groups excluding carboxylic acids is 1. The number of hydrogen-bond acceptors (Lipinski definition) is 4. The fraction of sp³-hybridized carbons (Fsp3) is 0.588. The summed E-state index contributed by atoms with van der Waals surface area (Å²) in [5.74, 6) is -0.657. The summed E-state index contributed by atoms with van der Waals surface area (Å²) in [5, 5.41) is 9.62. The van der Waals surface area contributed by atoms with E-state index >= 15 is 0 Å². The number of carbonyl (C=O) groups is 1. The molecule has 0 aliphatic carbocycles. The Labute approximate surface area is 130 Å². The number of piperidine rings is 1. The maximum absolute atomic E-state index is 13.1. The van der Waals surface area contributed by atoms with Gasteiger partial charge in [0.1, 0.15) is 11.9 Å². The second-order valence-corrected chi connectivity index (χ2v) is 6.02. The molecule has 0 amide bonds. The van der Waals surface area contributed by atoms with Crippen LogP contribution in [0.3, 0.4) is 0 Å². The minimum absolute atomic E-state index is 0.0417. The zero-order chi connectivity index (χ0) is 16.2. The van der Waals surface area contributed by atoms with E-state index in [1.165, 1.54) is 19.2 Å². The van der Waals surface area contributed by atoms with E-state index in [-0.39, 0.29) is 23.8 Å². The molecule has 5 heteroatoms. The van der Waals surface area contributed by atoms with Gasteiger partial charge in [0.15, 0.2) is 0 Å². The fourth-order valence-electron chi connectivity index (χ4n) is 3.13. The van der Waals surface area contributed by atoms with Gasteiger partial charge in [-0.3, -0.25) is 4.90 Å². The quantitative estimate of drug-likeness (QED) is 0.849. The molecule has 0 aromatic heterocycles. The first-order chi connectivity index (χ1) is 10.5. The molecule has 4 nitrogen and oxygen atoms in total. The number of aliphatic hydroxyl groups excluding tert-OH is 1. The van der Waals surface area contributed by atoms with Crippen molar-refractivity contribution in [1.82, 2.24) is 4.90 Å². The highest BCUT2D eigenvalue weighted by atomic mass is 19.1. The van der Waals surface area contributed by atoms with Gasteiger partial charge < -0.3 is 9.84 Å². The lowest BCUT2D eigenvalue weighted by molar-refractivity contribution is -0.148. The smallest absolute Gasteiger partial charge is 0.327 e. The Balaban J connectivity index is 2.18. The summed E-state index contributed by atoms with van der Waals surface area (Å²) in [7, 11) is 1.37. The van der Waals surface area contributed by atoms with E-state index < -0.39 is 6.04 Å². The molecule has 2 rings (SSSR count). The Morgan fingerprint density at radius 3 is 2.41 bits per heavy atom. The van der Waals surface area contributed by atoms with Crippen molar-refractivity contribution in [3.63, 3.8) is 0 Å². The van der Waals surface area contributed by atoms with Crippen molar-refractivity contribution in [3.05, 3.63) is 35.6 Å². The molecule has 1 aliphatic heterocycles. The number of hydrogen-bond donors (Lipinski definition) is 1. The molecule has 1 heterocycles. The van der Waals surface area contributed by atoms with Crippen molar-refractivity contribution in [2.75, 3.05) is 26.8 Å². The van der Waals surface area contributed by atoms with Gasteiger partial charge in [0, 0.05) is 6.61 Å². The van der Waals surface area contributed by atoms with Crippen LogP contribution >= 0.6 is 0 Å². The lowest BCUT2D eigenvalue weighted by Gasteiger charge is -2.42. The standard InChI is InChI=1S/C17H24FNO3/c1-3-17(12-20)8-10-19(11-9-17)15(16(21)22-2)13-4-6-14(18)7-5-13/h4-7,15,20H,3,8-12H2,1-2H3. The van der Waals surface area contributed by atoms with E-state index in [1.807, 2.05) is 0 Å². The van der Waals surface area contributed by atoms with Crippen molar-refractivity contribution in [2.24, 2.45) is 5.41 Å². The van der Waals surface area contributed by atoms with Gasteiger partial charge in [-0.05, 0) is 55.5 Å². The molecule has 1 aliphatic rings. The summed E-state index contributed by atoms with van der Waals surface area (Å²) < 4.78 is 18.0. The first kappa shape index (κ1) is 16.9. The second kappa shape index (κ2) is 7.20. The molecular weight excluding hydrogens is 285 g/mol. The predicted molar refractivity (Wildman–Crippen MR) is 81.8 cm³/mol. The van der Waals surface area contributed by atoms with E-state index in [9.17, 15) is 14.3 Å². The van der Waals surface area contributed by atoms with Crippen molar-refractivity contribution in [3.8, 4) is 0 Å². The van der Waals surface area contributed by atoms with Gasteiger partial charge in [-0.1, -0.05) is 19.1 Å². The molecule has 122 valence electrons. The molecular formula is C17H24FNO3. The highest BCUT2D eigenvalue weighted by Crippen LogP contribution is 2.37. The second-order valence-electron chi connectivity index (χ2n) is 6.02. The normalized spacial score (nSPS) is 19.6. The number of esters is 1. The summed E-state index contributed by atoms with van der Waals surface area (Å²) in [4.78, 5) is 14.2. The van der Waals surface area contributed by atoms with E-state index in [0.29, 0.717) is 13.1 Å². The first-order valence-electron chi connectivity index (χ1n) is 7.73. The zero-order valence-corrected chi connectivity index (χ0v) is 13.2. The maximum Gasteiger partial charge on any atom is 0.327 e. The van der Waals surface area contributed by atoms with Crippen LogP contribution in [0.2, 0.25) is 0 Å². The van der Waals surface area contributed by atoms with Crippen LogP contribution in [0, 0.1) is 11.2 Å². The Kier molecular flexibility index (Phi) is 5.53. The summed E-state index contributed by atoms with van der Waals surface area (Å²) in [6, 6.07) is 5.47. The summed E-state index contributed by atoms with van der Waals surface area (Å²) in [5.41, 5.74) is 0.696. The molecule has 0 radical (unpaired) electrons. The van der Waals surface area contributed by atoms with Gasteiger partial charge in [-0.25, -0.2) is 9.18 Å². The SMILES string of the molecule is CCC1(CO)CCN(C(C(=O)OC)c2ccc(F)cc2)CC1. The number of nitrogens with zero attached hydrogens (tertiary/aromatic N) is 1. The molecule has 0 spiro atoms. The van der Waals surface area contributed by atoms with Gasteiger partial charge >= 0.3 is 5.97 Å². The molecule has 1 aromatic carbocycles. The molecule has 1 fully saturated rings. The van der Waals surface area contributed by atoms with Crippen LogP contribution < -0.4 is 0 Å². The van der Waals surface area contributed by atoms with Crippen molar-refractivity contribution < 1.29 is 19.0 Å². The molecule has 1 saturated heterocycles. The third-order valence-corrected chi connectivity index (χ3v) is 4.92. The van der Waals surface area contributed by atoms with Crippen LogP contribution in [0.4, 0.5) is 4.39 Å². The van der Waals surface area contributed by atoms with Gasteiger partial charge in [0.25, 0.3) is 0 Å². The number of likely N-dealkylation sites (tertiary alicyclic amines) is 1. The number of rotatable bonds is 5. The molecule has 1 atom stereocenters. The highest BCUT2D eigenvalue weighted by molar-refractivity contribution is 5.77. The Bertz CT molecular complexity index is 489. The molecule has 1 unspecified atom stereocenters. The number of methoxy groups -OCH3 is 1. The average molecular weight is 309 g/mol. The number of aliphatic hydroxyl groups is 1. The van der Waals surface area contributed by atoms with Gasteiger partial charge in [0.2, 0.25) is 0 Å². The monoisotopic (exact) mass is 309 g/mol. The zero-order valence-electron chi connectivity index (χ0n) is 13.2. The largest absolute Gasteiger partial charge is 0.468 e. The van der Waals surface area contributed by atoms with Crippen LogP contribution in [-0.4, -0.2) is 42.8 Å². The summed E-state index contributed by atoms with van der Waals surface area (Å²) in [6.07, 6.45) is 2.61. The lowest BCUT2D eigenvalue weighted by atomic mass is 9.76. The number of halogens is 1. The van der Waals surface area contributed by atoms with Crippen molar-refractivity contribution in [2.45, 2.75) is 32.2 Å². The minimum atomic E-state index is -0.515. The molecule has 1 aromatic rings. The topological polar surface area (TPSA) is 49.8 Å². The van der Waals surface area contributed by atoms with Crippen molar-refractivity contribution in [1.29, 1.82) is 0 Å². The summed E-state index contributed by atoms with van der Waals surface area (Å²) >= 11 is 0. The first-order valence-corrected chi connectivity index (χ1v) is 7.73. The van der Waals surface area contributed by atoms with Crippen LogP contribution in [0.1, 0.15) is 37.8 Å². The number of ether oxygens (including phenoxy) is 1. The minimum Gasteiger partial charge on any atom is -0.468 e. The van der Waals surface area contributed by atoms with E-state index in [0.717, 1.165) is 24.8 Å².